The number of fused-ring (bicyclic) bond motifs is 9. The summed E-state index contributed by atoms with van der Waals surface area (Å²) in [7, 11) is 0. The minimum absolute atomic E-state index is 1.07. The molecule has 0 saturated heterocycles. The zero-order valence-corrected chi connectivity index (χ0v) is 25.9. The fourth-order valence-electron chi connectivity index (χ4n) is 8.23. The Balaban J connectivity index is 1.12. The topological polar surface area (TPSA) is 22.8 Å². The number of para-hydroxylation sites is 3. The van der Waals surface area contributed by atoms with Gasteiger partial charge in [-0.3, -0.25) is 4.98 Å². The number of benzene rings is 7. The molecule has 0 atom stereocenters. The van der Waals surface area contributed by atoms with Gasteiger partial charge in [-0.2, -0.15) is 0 Å². The maximum absolute atomic E-state index is 4.77. The van der Waals surface area contributed by atoms with Gasteiger partial charge in [0.15, 0.2) is 0 Å². The first kappa shape index (κ1) is 25.7. The largest absolute Gasteiger partial charge is 0.309 e. The fourth-order valence-corrected chi connectivity index (χ4v) is 8.23. The van der Waals surface area contributed by atoms with E-state index in [-0.39, 0.29) is 0 Å². The fraction of sp³-hybridized carbons (Fsp3) is 0. The smallest absolute Gasteiger partial charge is 0.0786 e. The Kier molecular flexibility index (Phi) is 5.11. The summed E-state index contributed by atoms with van der Waals surface area (Å²) in [5, 5.41) is 7.56. The van der Waals surface area contributed by atoms with Gasteiger partial charge >= 0.3 is 0 Å². The Hall–Kier alpha value is -6.45. The van der Waals surface area contributed by atoms with Gasteiger partial charge in [-0.1, -0.05) is 91.0 Å². The van der Waals surface area contributed by atoms with Gasteiger partial charge in [0.25, 0.3) is 0 Å². The van der Waals surface area contributed by atoms with Crippen LogP contribution in [-0.4, -0.2) is 14.1 Å². The summed E-state index contributed by atoms with van der Waals surface area (Å²) in [5.41, 5.74) is 14.4. The van der Waals surface area contributed by atoms with E-state index in [1.807, 2.05) is 12.3 Å². The maximum Gasteiger partial charge on any atom is 0.0786 e. The highest BCUT2D eigenvalue weighted by Gasteiger charge is 2.24. The lowest BCUT2D eigenvalue weighted by molar-refractivity contribution is 1.18. The molecule has 0 aliphatic heterocycles. The van der Waals surface area contributed by atoms with E-state index < -0.39 is 0 Å². The Morgan fingerprint density at radius 1 is 0.375 bits per heavy atom. The van der Waals surface area contributed by atoms with E-state index in [1.165, 1.54) is 93.6 Å². The zero-order chi connectivity index (χ0) is 31.3. The van der Waals surface area contributed by atoms with Gasteiger partial charge in [0, 0.05) is 50.2 Å². The summed E-state index contributed by atoms with van der Waals surface area (Å²) in [6.45, 7) is 0. The van der Waals surface area contributed by atoms with E-state index >= 15 is 0 Å². The highest BCUT2D eigenvalue weighted by molar-refractivity contribution is 6.16. The summed E-state index contributed by atoms with van der Waals surface area (Å²) < 4.78 is 4.81. The number of pyridine rings is 1. The lowest BCUT2D eigenvalue weighted by atomic mass is 10.0. The minimum atomic E-state index is 1.07. The van der Waals surface area contributed by atoms with Crippen molar-refractivity contribution in [1.29, 1.82) is 0 Å². The third kappa shape index (κ3) is 3.45. The molecular weight excluding hydrogens is 583 g/mol. The molecule has 3 heteroatoms. The van der Waals surface area contributed by atoms with E-state index in [0.717, 1.165) is 5.69 Å². The molecule has 3 nitrogen and oxygen atoms in total. The molecule has 48 heavy (non-hydrogen) atoms. The van der Waals surface area contributed by atoms with Crippen molar-refractivity contribution in [3.8, 4) is 44.9 Å². The second-order valence-corrected chi connectivity index (χ2v) is 12.8. The Morgan fingerprint density at radius 3 is 1.69 bits per heavy atom. The SMILES string of the molecule is c1ccc(-n2c3ccccc3c3cc(-c4ccc5c(c4)c4ccccc4n5-c4cc5c6c(cccc6c4)-c4ncccc4-5)ccc32)cc1. The molecule has 222 valence electrons. The van der Waals surface area contributed by atoms with Gasteiger partial charge in [-0.25, -0.2) is 0 Å². The van der Waals surface area contributed by atoms with Gasteiger partial charge in [-0.05, 0) is 94.2 Å². The molecule has 0 fully saturated rings. The molecule has 0 spiro atoms. The third-order valence-corrected chi connectivity index (χ3v) is 10.3. The van der Waals surface area contributed by atoms with Crippen LogP contribution in [0.15, 0.2) is 164 Å². The molecule has 0 radical (unpaired) electrons. The molecule has 0 unspecified atom stereocenters. The lowest BCUT2D eigenvalue weighted by Gasteiger charge is -2.12. The molecule has 11 rings (SSSR count). The van der Waals surface area contributed by atoms with Crippen LogP contribution in [0.5, 0.6) is 0 Å². The van der Waals surface area contributed by atoms with Crippen molar-refractivity contribution in [2.24, 2.45) is 0 Å². The quantitative estimate of drug-likeness (QED) is 0.195. The second-order valence-electron chi connectivity index (χ2n) is 12.8. The van der Waals surface area contributed by atoms with Crippen LogP contribution in [0, 0.1) is 0 Å². The normalized spacial score (nSPS) is 12.2. The average molecular weight is 610 g/mol. The van der Waals surface area contributed by atoms with Crippen LogP contribution in [0.3, 0.4) is 0 Å². The Bertz CT molecular complexity index is 2940. The first-order valence-electron chi connectivity index (χ1n) is 16.5. The summed E-state index contributed by atoms with van der Waals surface area (Å²) in [4.78, 5) is 4.77. The predicted octanol–water partition coefficient (Wildman–Crippen LogP) is 11.7. The lowest BCUT2D eigenvalue weighted by Crippen LogP contribution is -1.95. The highest BCUT2D eigenvalue weighted by atomic mass is 15.0. The zero-order valence-electron chi connectivity index (χ0n) is 25.9. The van der Waals surface area contributed by atoms with Crippen molar-refractivity contribution >= 4 is 54.4 Å². The van der Waals surface area contributed by atoms with Crippen LogP contribution in [0.4, 0.5) is 0 Å². The summed E-state index contributed by atoms with van der Waals surface area (Å²) in [6, 6.07) is 57.6. The van der Waals surface area contributed by atoms with Crippen molar-refractivity contribution in [1.82, 2.24) is 14.1 Å². The summed E-state index contributed by atoms with van der Waals surface area (Å²) >= 11 is 0. The molecule has 1 aliphatic rings. The van der Waals surface area contributed by atoms with Gasteiger partial charge in [0.2, 0.25) is 0 Å². The minimum Gasteiger partial charge on any atom is -0.309 e. The summed E-state index contributed by atoms with van der Waals surface area (Å²) in [5.74, 6) is 0. The Morgan fingerprint density at radius 2 is 0.979 bits per heavy atom. The second kappa shape index (κ2) is 9.54. The van der Waals surface area contributed by atoms with Crippen LogP contribution >= 0.6 is 0 Å². The van der Waals surface area contributed by atoms with Crippen LogP contribution in [0.2, 0.25) is 0 Å². The first-order chi connectivity index (χ1) is 23.8. The van der Waals surface area contributed by atoms with E-state index in [0.29, 0.717) is 0 Å². The van der Waals surface area contributed by atoms with E-state index in [9.17, 15) is 0 Å². The molecule has 0 saturated carbocycles. The van der Waals surface area contributed by atoms with Gasteiger partial charge in [0.05, 0.1) is 27.8 Å². The number of nitrogens with zero attached hydrogens (tertiary/aromatic N) is 3. The van der Waals surface area contributed by atoms with Crippen molar-refractivity contribution in [2.45, 2.75) is 0 Å². The molecule has 3 aromatic heterocycles. The summed E-state index contributed by atoms with van der Waals surface area (Å²) in [6.07, 6.45) is 1.90. The van der Waals surface area contributed by atoms with E-state index in [1.54, 1.807) is 0 Å². The molecule has 10 aromatic rings. The van der Waals surface area contributed by atoms with Gasteiger partial charge in [-0.15, -0.1) is 0 Å². The number of rotatable bonds is 3. The molecule has 0 bridgehead atoms. The van der Waals surface area contributed by atoms with Crippen LogP contribution < -0.4 is 0 Å². The maximum atomic E-state index is 4.77. The van der Waals surface area contributed by atoms with Crippen molar-refractivity contribution < 1.29 is 0 Å². The predicted molar refractivity (Wildman–Crippen MR) is 200 cm³/mol. The van der Waals surface area contributed by atoms with Crippen LogP contribution in [0.1, 0.15) is 0 Å². The molecule has 3 heterocycles. The molecule has 1 aliphatic carbocycles. The number of aromatic nitrogens is 3. The van der Waals surface area contributed by atoms with E-state index in [2.05, 4.69) is 161 Å². The van der Waals surface area contributed by atoms with Crippen LogP contribution in [0.25, 0.3) is 99.3 Å². The van der Waals surface area contributed by atoms with Crippen molar-refractivity contribution in [3.63, 3.8) is 0 Å². The first-order valence-corrected chi connectivity index (χ1v) is 16.5. The van der Waals surface area contributed by atoms with Crippen molar-refractivity contribution in [3.05, 3.63) is 164 Å². The van der Waals surface area contributed by atoms with Gasteiger partial charge < -0.3 is 9.13 Å². The van der Waals surface area contributed by atoms with Gasteiger partial charge in [0.1, 0.15) is 0 Å². The Labute approximate surface area is 276 Å². The van der Waals surface area contributed by atoms with Crippen molar-refractivity contribution in [2.75, 3.05) is 0 Å². The highest BCUT2D eigenvalue weighted by Crippen LogP contribution is 2.47. The molecule has 7 aromatic carbocycles. The molecule has 0 N–H and O–H groups in total. The van der Waals surface area contributed by atoms with E-state index in [4.69, 9.17) is 4.98 Å². The van der Waals surface area contributed by atoms with Crippen LogP contribution in [-0.2, 0) is 0 Å². The molecular formula is C45H27N3. The average Bonchev–Trinajstić information content (AvgIpc) is 3.78. The number of hydrogen-bond donors (Lipinski definition) is 0. The third-order valence-electron chi connectivity index (χ3n) is 10.3. The number of hydrogen-bond acceptors (Lipinski definition) is 1. The molecule has 0 amide bonds. The monoisotopic (exact) mass is 609 g/mol. The standard InChI is InChI=1S/C45H27N3/c1-2-11-31(12-3-1)47-40-17-6-4-13-33(40)37-25-28(19-21-42(37)47)29-20-22-43-38(26-29)34-14-5-7-18-41(34)48(43)32-24-30-10-8-15-36-44(30)39(27-32)35-16-9-23-46-45(35)36/h1-27H.